The number of aromatic nitrogens is 3. The molecule has 0 fully saturated rings. The van der Waals surface area contributed by atoms with Crippen molar-refractivity contribution < 1.29 is 8.98 Å². The second-order valence-electron chi connectivity index (χ2n) is 8.08. The number of hydrogen-bond acceptors (Lipinski definition) is 2. The van der Waals surface area contributed by atoms with Gasteiger partial charge in [0.25, 0.3) is 5.82 Å². The van der Waals surface area contributed by atoms with Gasteiger partial charge in [-0.25, -0.2) is 9.55 Å². The van der Waals surface area contributed by atoms with Gasteiger partial charge in [0, 0.05) is 5.56 Å². The predicted octanol–water partition coefficient (Wildman–Crippen LogP) is 6.24. The van der Waals surface area contributed by atoms with Gasteiger partial charge in [-0.1, -0.05) is 60.7 Å². The summed E-state index contributed by atoms with van der Waals surface area (Å²) < 4.78 is 10.2. The van der Waals surface area contributed by atoms with Crippen LogP contribution in [0.2, 0.25) is 0 Å². The number of para-hydroxylation sites is 3. The molecule has 0 saturated carbocycles. The number of fused-ring (bicyclic) bond motifs is 2. The summed E-state index contributed by atoms with van der Waals surface area (Å²) in [6.45, 7) is 2.13. The van der Waals surface area contributed by atoms with Crippen molar-refractivity contribution in [3.05, 3.63) is 103 Å². The van der Waals surface area contributed by atoms with Gasteiger partial charge >= 0.3 is 0 Å². The first-order valence-electron chi connectivity index (χ1n) is 10.7. The van der Waals surface area contributed by atoms with Gasteiger partial charge in [-0.2, -0.15) is 4.57 Å². The maximum atomic E-state index is 5.55. The Morgan fingerprint density at radius 1 is 0.812 bits per heavy atom. The highest BCUT2D eigenvalue weighted by Crippen LogP contribution is 2.35. The lowest BCUT2D eigenvalue weighted by atomic mass is 10.0. The van der Waals surface area contributed by atoms with E-state index in [1.165, 1.54) is 23.0 Å². The van der Waals surface area contributed by atoms with Crippen molar-refractivity contribution in [2.45, 2.75) is 6.92 Å². The Morgan fingerprint density at radius 2 is 1.56 bits per heavy atom. The van der Waals surface area contributed by atoms with E-state index in [0.29, 0.717) is 0 Å². The normalized spacial score (nSPS) is 11.4. The molecule has 0 N–H and O–H groups in total. The van der Waals surface area contributed by atoms with E-state index in [1.807, 2.05) is 0 Å². The molecule has 0 aliphatic rings. The minimum Gasteiger partial charge on any atom is -0.443 e. The van der Waals surface area contributed by atoms with Gasteiger partial charge in [-0.3, -0.25) is 0 Å². The van der Waals surface area contributed by atoms with Gasteiger partial charge in [-0.15, -0.1) is 0 Å². The Hall–Kier alpha value is -4.18. The lowest BCUT2D eigenvalue weighted by molar-refractivity contribution is -0.633. The highest BCUT2D eigenvalue weighted by molar-refractivity contribution is 5.86. The summed E-state index contributed by atoms with van der Waals surface area (Å²) >= 11 is 0. The van der Waals surface area contributed by atoms with Crippen LogP contribution >= 0.6 is 0 Å². The zero-order chi connectivity index (χ0) is 21.7. The van der Waals surface area contributed by atoms with E-state index in [-0.39, 0.29) is 0 Å². The number of aryl methyl sites for hydroxylation is 2. The van der Waals surface area contributed by atoms with Crippen LogP contribution in [0.15, 0.2) is 102 Å². The van der Waals surface area contributed by atoms with Crippen molar-refractivity contribution in [1.29, 1.82) is 0 Å². The third-order valence-corrected chi connectivity index (χ3v) is 6.16. The molecule has 6 aromatic rings. The van der Waals surface area contributed by atoms with Crippen LogP contribution in [0.25, 0.3) is 50.3 Å². The average Bonchev–Trinajstić information content (AvgIpc) is 3.41. The molecule has 0 amide bonds. The fraction of sp³-hybridized carbons (Fsp3) is 0.0714. The SMILES string of the molecule is Cc1cc2ocnc2cc1-c1n(-c2ccccc2-c2ccccc2)c2ccccc2[n+]1C. The largest absolute Gasteiger partial charge is 0.443 e. The fourth-order valence-corrected chi connectivity index (χ4v) is 4.64. The molecular formula is C28H22N3O+. The summed E-state index contributed by atoms with van der Waals surface area (Å²) in [5, 5.41) is 0. The van der Waals surface area contributed by atoms with Gasteiger partial charge in [-0.05, 0) is 48.4 Å². The molecule has 2 heterocycles. The molecule has 2 aromatic heterocycles. The Labute approximate surface area is 186 Å². The van der Waals surface area contributed by atoms with Crippen molar-refractivity contribution >= 4 is 22.1 Å². The van der Waals surface area contributed by atoms with Crippen molar-refractivity contribution in [2.24, 2.45) is 7.05 Å². The Morgan fingerprint density at radius 3 is 2.44 bits per heavy atom. The summed E-state index contributed by atoms with van der Waals surface area (Å²) in [4.78, 5) is 4.41. The highest BCUT2D eigenvalue weighted by atomic mass is 16.3. The van der Waals surface area contributed by atoms with Crippen LogP contribution in [0.1, 0.15) is 5.56 Å². The van der Waals surface area contributed by atoms with Gasteiger partial charge in [0.15, 0.2) is 23.0 Å². The first kappa shape index (κ1) is 18.6. The Bertz CT molecular complexity index is 1590. The molecule has 4 heteroatoms. The number of rotatable bonds is 3. The lowest BCUT2D eigenvalue weighted by Crippen LogP contribution is -2.30. The van der Waals surface area contributed by atoms with Crippen molar-refractivity contribution in [2.75, 3.05) is 0 Å². The minimum absolute atomic E-state index is 0.807. The number of imidazole rings is 1. The zero-order valence-corrected chi connectivity index (χ0v) is 18.0. The standard InChI is InChI=1S/C28H22N3O/c1-19-16-27-23(29-18-32-27)17-22(19)28-30(2)25-14-8-9-15-26(25)31(28)24-13-7-6-12-21(24)20-10-4-3-5-11-20/h3-18H,1-2H3/q+1. The fourth-order valence-electron chi connectivity index (χ4n) is 4.64. The molecule has 154 valence electrons. The predicted molar refractivity (Wildman–Crippen MR) is 128 cm³/mol. The van der Waals surface area contributed by atoms with Gasteiger partial charge in [0.2, 0.25) is 0 Å². The first-order valence-corrected chi connectivity index (χ1v) is 10.7. The summed E-state index contributed by atoms with van der Waals surface area (Å²) in [5.74, 6) is 1.11. The molecular weight excluding hydrogens is 394 g/mol. The minimum atomic E-state index is 0.807. The third kappa shape index (κ3) is 2.77. The van der Waals surface area contributed by atoms with Crippen molar-refractivity contribution in [3.63, 3.8) is 0 Å². The summed E-state index contributed by atoms with van der Waals surface area (Å²) in [6.07, 6.45) is 1.51. The smallest absolute Gasteiger partial charge is 0.295 e. The number of nitrogens with zero attached hydrogens (tertiary/aromatic N) is 3. The number of oxazole rings is 1. The van der Waals surface area contributed by atoms with Crippen LogP contribution in [-0.4, -0.2) is 9.55 Å². The number of benzene rings is 4. The van der Waals surface area contributed by atoms with E-state index in [0.717, 1.165) is 39.3 Å². The highest BCUT2D eigenvalue weighted by Gasteiger charge is 2.29. The molecule has 0 atom stereocenters. The van der Waals surface area contributed by atoms with Crippen LogP contribution in [0.4, 0.5) is 0 Å². The zero-order valence-electron chi connectivity index (χ0n) is 18.0. The van der Waals surface area contributed by atoms with Gasteiger partial charge in [0.05, 0.1) is 12.6 Å². The molecule has 0 bridgehead atoms. The molecule has 32 heavy (non-hydrogen) atoms. The molecule has 0 aliphatic heterocycles. The second kappa shape index (κ2) is 7.20. The third-order valence-electron chi connectivity index (χ3n) is 6.16. The van der Waals surface area contributed by atoms with Crippen LogP contribution in [0.5, 0.6) is 0 Å². The molecule has 0 unspecified atom stereocenters. The van der Waals surface area contributed by atoms with Gasteiger partial charge in [0.1, 0.15) is 11.2 Å². The molecule has 4 nitrogen and oxygen atoms in total. The van der Waals surface area contributed by atoms with E-state index in [2.05, 4.69) is 119 Å². The molecule has 4 aromatic carbocycles. The van der Waals surface area contributed by atoms with Crippen molar-refractivity contribution in [3.8, 4) is 28.2 Å². The van der Waals surface area contributed by atoms with Gasteiger partial charge < -0.3 is 4.42 Å². The van der Waals surface area contributed by atoms with Crippen LogP contribution in [0.3, 0.4) is 0 Å². The van der Waals surface area contributed by atoms with Crippen LogP contribution < -0.4 is 4.57 Å². The van der Waals surface area contributed by atoms with E-state index in [4.69, 9.17) is 4.42 Å². The molecule has 0 radical (unpaired) electrons. The second-order valence-corrected chi connectivity index (χ2v) is 8.08. The molecule has 6 rings (SSSR count). The van der Waals surface area contributed by atoms with Crippen LogP contribution in [0, 0.1) is 6.92 Å². The first-order chi connectivity index (χ1) is 15.7. The quantitative estimate of drug-likeness (QED) is 0.320. The summed E-state index contributed by atoms with van der Waals surface area (Å²) in [6, 6.07) is 31.9. The monoisotopic (exact) mass is 416 g/mol. The topological polar surface area (TPSA) is 34.8 Å². The summed E-state index contributed by atoms with van der Waals surface area (Å²) in [7, 11) is 2.13. The van der Waals surface area contributed by atoms with E-state index >= 15 is 0 Å². The molecule has 0 aliphatic carbocycles. The molecule has 0 saturated heterocycles. The summed E-state index contributed by atoms with van der Waals surface area (Å²) in [5.41, 5.74) is 9.80. The Kier molecular flexibility index (Phi) is 4.18. The lowest BCUT2D eigenvalue weighted by Gasteiger charge is -2.11. The number of hydrogen-bond donors (Lipinski definition) is 0. The van der Waals surface area contributed by atoms with Crippen LogP contribution in [-0.2, 0) is 7.05 Å². The van der Waals surface area contributed by atoms with Crippen molar-refractivity contribution in [1.82, 2.24) is 9.55 Å². The maximum Gasteiger partial charge on any atom is 0.295 e. The Balaban J connectivity index is 1.74. The van der Waals surface area contributed by atoms with E-state index in [1.54, 1.807) is 0 Å². The van der Waals surface area contributed by atoms with E-state index < -0.39 is 0 Å². The van der Waals surface area contributed by atoms with E-state index in [9.17, 15) is 0 Å². The maximum absolute atomic E-state index is 5.55. The average molecular weight is 417 g/mol. The molecule has 0 spiro atoms.